The van der Waals surface area contributed by atoms with Gasteiger partial charge in [0.15, 0.2) is 5.78 Å². The Bertz CT molecular complexity index is 1380. The minimum Gasteiger partial charge on any atom is -0.306 e. The number of nitrogens with zero attached hydrogens (tertiary/aromatic N) is 5. The van der Waals surface area contributed by atoms with Gasteiger partial charge in [-0.2, -0.15) is 5.10 Å². The number of aromatic nitrogens is 5. The average molecular weight is 407 g/mol. The number of Topliss-reactive ketones (excluding diaryl/α,β-unsaturated/α-hetero) is 1. The average Bonchev–Trinajstić information content (AvgIpc) is 3.38. The number of hydrogen-bond donors (Lipinski definition) is 0. The predicted molar refractivity (Wildman–Crippen MR) is 120 cm³/mol. The third-order valence-electron chi connectivity index (χ3n) is 5.35. The molecule has 0 aliphatic rings. The van der Waals surface area contributed by atoms with Crippen LogP contribution in [0.1, 0.15) is 21.6 Å². The van der Waals surface area contributed by atoms with Crippen molar-refractivity contribution < 1.29 is 4.79 Å². The summed E-state index contributed by atoms with van der Waals surface area (Å²) in [6, 6.07) is 17.9. The van der Waals surface area contributed by atoms with Crippen LogP contribution in [-0.2, 0) is 13.5 Å². The van der Waals surface area contributed by atoms with Gasteiger partial charge in [-0.3, -0.25) is 14.5 Å². The minimum absolute atomic E-state index is 0.00318. The quantitative estimate of drug-likeness (QED) is 0.402. The molecule has 0 saturated heterocycles. The van der Waals surface area contributed by atoms with Crippen LogP contribution in [-0.4, -0.2) is 29.9 Å². The molecule has 5 rings (SSSR count). The van der Waals surface area contributed by atoms with Crippen molar-refractivity contribution in [2.45, 2.75) is 13.3 Å². The number of ketones is 1. The van der Waals surface area contributed by atoms with Crippen molar-refractivity contribution >= 4 is 11.4 Å². The van der Waals surface area contributed by atoms with Gasteiger partial charge in [0.05, 0.1) is 17.6 Å². The van der Waals surface area contributed by atoms with Crippen LogP contribution in [0.5, 0.6) is 0 Å². The van der Waals surface area contributed by atoms with Crippen molar-refractivity contribution in [3.05, 3.63) is 96.2 Å². The molecule has 0 radical (unpaired) electrons. The maximum absolute atomic E-state index is 13.2. The Kier molecular flexibility index (Phi) is 4.67. The maximum atomic E-state index is 13.2. The standard InChI is InChI=1S/C25H21N5O/c1-17-8-9-21(26-14-17)20-15-27-29(2)25(20)23(31)12-18-10-11-30-16-22(28-24(30)13-18)19-6-4-3-5-7-19/h3-11,13-16H,12H2,1-2H3. The molecule has 0 amide bonds. The number of carbonyl (C=O) groups is 1. The van der Waals surface area contributed by atoms with Gasteiger partial charge in [-0.05, 0) is 36.2 Å². The summed E-state index contributed by atoms with van der Waals surface area (Å²) in [6.45, 7) is 1.99. The lowest BCUT2D eigenvalue weighted by Gasteiger charge is -2.06. The first-order valence-electron chi connectivity index (χ1n) is 10.1. The fourth-order valence-electron chi connectivity index (χ4n) is 3.73. The Morgan fingerprint density at radius 2 is 1.84 bits per heavy atom. The largest absolute Gasteiger partial charge is 0.306 e. The van der Waals surface area contributed by atoms with Crippen molar-refractivity contribution in [3.63, 3.8) is 0 Å². The highest BCUT2D eigenvalue weighted by Gasteiger charge is 2.19. The van der Waals surface area contributed by atoms with Gasteiger partial charge in [0.1, 0.15) is 11.3 Å². The summed E-state index contributed by atoms with van der Waals surface area (Å²) in [5.74, 6) is -0.00318. The monoisotopic (exact) mass is 407 g/mol. The van der Waals surface area contributed by atoms with Crippen molar-refractivity contribution in [3.8, 4) is 22.5 Å². The van der Waals surface area contributed by atoms with Crippen LogP contribution in [0.4, 0.5) is 0 Å². The van der Waals surface area contributed by atoms with E-state index in [0.717, 1.165) is 39.3 Å². The van der Waals surface area contributed by atoms with Gasteiger partial charge in [0.25, 0.3) is 0 Å². The molecular weight excluding hydrogens is 386 g/mol. The van der Waals surface area contributed by atoms with Crippen molar-refractivity contribution in [1.82, 2.24) is 24.1 Å². The van der Waals surface area contributed by atoms with E-state index in [1.54, 1.807) is 24.1 Å². The first-order valence-corrected chi connectivity index (χ1v) is 10.1. The van der Waals surface area contributed by atoms with Crippen molar-refractivity contribution in [1.29, 1.82) is 0 Å². The second-order valence-electron chi connectivity index (χ2n) is 7.64. The third kappa shape index (κ3) is 3.64. The molecule has 5 aromatic rings. The first-order chi connectivity index (χ1) is 15.1. The van der Waals surface area contributed by atoms with E-state index in [4.69, 9.17) is 4.98 Å². The van der Waals surface area contributed by atoms with E-state index in [1.807, 2.05) is 78.3 Å². The molecule has 0 fully saturated rings. The van der Waals surface area contributed by atoms with Gasteiger partial charge in [0.2, 0.25) is 0 Å². The Morgan fingerprint density at radius 1 is 1.00 bits per heavy atom. The molecular formula is C25H21N5O. The zero-order valence-corrected chi connectivity index (χ0v) is 17.4. The zero-order chi connectivity index (χ0) is 21.4. The first kappa shape index (κ1) is 18.9. The number of pyridine rings is 2. The van der Waals surface area contributed by atoms with Crippen LogP contribution in [0.25, 0.3) is 28.2 Å². The molecule has 31 heavy (non-hydrogen) atoms. The summed E-state index contributed by atoms with van der Waals surface area (Å²) < 4.78 is 3.60. The molecule has 0 aliphatic carbocycles. The van der Waals surface area contributed by atoms with Crippen LogP contribution in [0.15, 0.2) is 79.4 Å². The molecule has 152 valence electrons. The van der Waals surface area contributed by atoms with E-state index >= 15 is 0 Å². The topological polar surface area (TPSA) is 65.1 Å². The maximum Gasteiger partial charge on any atom is 0.185 e. The summed E-state index contributed by atoms with van der Waals surface area (Å²) >= 11 is 0. The van der Waals surface area contributed by atoms with Gasteiger partial charge in [-0.15, -0.1) is 0 Å². The number of fused-ring (bicyclic) bond motifs is 1. The fourth-order valence-corrected chi connectivity index (χ4v) is 3.73. The number of benzene rings is 1. The smallest absolute Gasteiger partial charge is 0.185 e. The van der Waals surface area contributed by atoms with Gasteiger partial charge in [0, 0.05) is 43.2 Å². The normalized spacial score (nSPS) is 11.2. The lowest BCUT2D eigenvalue weighted by molar-refractivity contribution is 0.0984. The van der Waals surface area contributed by atoms with Gasteiger partial charge in [-0.1, -0.05) is 36.4 Å². The SMILES string of the molecule is Cc1ccc(-c2cnn(C)c2C(=O)Cc2ccn3cc(-c4ccccc4)nc3c2)nc1. The van der Waals surface area contributed by atoms with E-state index in [2.05, 4.69) is 10.1 Å². The molecule has 6 nitrogen and oxygen atoms in total. The third-order valence-corrected chi connectivity index (χ3v) is 5.35. The molecule has 0 spiro atoms. The fraction of sp³-hybridized carbons (Fsp3) is 0.120. The number of imidazole rings is 1. The summed E-state index contributed by atoms with van der Waals surface area (Å²) in [6.07, 6.45) is 7.71. The Balaban J connectivity index is 1.44. The second kappa shape index (κ2) is 7.65. The van der Waals surface area contributed by atoms with Crippen LogP contribution in [0.3, 0.4) is 0 Å². The molecule has 1 aromatic carbocycles. The summed E-state index contributed by atoms with van der Waals surface area (Å²) in [7, 11) is 1.79. The number of aryl methyl sites for hydroxylation is 2. The van der Waals surface area contributed by atoms with E-state index < -0.39 is 0 Å². The van der Waals surface area contributed by atoms with Crippen LogP contribution >= 0.6 is 0 Å². The molecule has 0 atom stereocenters. The Labute approximate surface area is 179 Å². The molecule has 0 N–H and O–H groups in total. The highest BCUT2D eigenvalue weighted by atomic mass is 16.1. The zero-order valence-electron chi connectivity index (χ0n) is 17.4. The molecule has 0 unspecified atom stereocenters. The van der Waals surface area contributed by atoms with Crippen LogP contribution in [0, 0.1) is 6.92 Å². The summed E-state index contributed by atoms with van der Waals surface area (Å²) in [5.41, 5.74) is 6.82. The van der Waals surface area contributed by atoms with Gasteiger partial charge >= 0.3 is 0 Å². The number of hydrogen-bond acceptors (Lipinski definition) is 4. The molecule has 0 aliphatic heterocycles. The van der Waals surface area contributed by atoms with Crippen molar-refractivity contribution in [2.24, 2.45) is 7.05 Å². The van der Waals surface area contributed by atoms with Gasteiger partial charge in [-0.25, -0.2) is 4.98 Å². The minimum atomic E-state index is -0.00318. The van der Waals surface area contributed by atoms with E-state index in [1.165, 1.54) is 0 Å². The lowest BCUT2D eigenvalue weighted by atomic mass is 10.0. The molecule has 4 heterocycles. The van der Waals surface area contributed by atoms with Crippen LogP contribution in [0.2, 0.25) is 0 Å². The number of rotatable bonds is 5. The predicted octanol–water partition coefficient (Wildman–Crippen LogP) is 4.53. The van der Waals surface area contributed by atoms with Crippen molar-refractivity contribution in [2.75, 3.05) is 0 Å². The summed E-state index contributed by atoms with van der Waals surface area (Å²) in [4.78, 5) is 22.4. The lowest BCUT2D eigenvalue weighted by Crippen LogP contribution is -2.11. The molecule has 6 heteroatoms. The summed E-state index contributed by atoms with van der Waals surface area (Å²) in [5, 5.41) is 4.30. The van der Waals surface area contributed by atoms with E-state index in [0.29, 0.717) is 5.69 Å². The van der Waals surface area contributed by atoms with E-state index in [9.17, 15) is 4.79 Å². The van der Waals surface area contributed by atoms with E-state index in [-0.39, 0.29) is 12.2 Å². The molecule has 0 bridgehead atoms. The number of carbonyl (C=O) groups excluding carboxylic acids is 1. The van der Waals surface area contributed by atoms with Gasteiger partial charge < -0.3 is 4.40 Å². The van der Waals surface area contributed by atoms with Crippen LogP contribution < -0.4 is 0 Å². The molecule has 4 aromatic heterocycles. The molecule has 0 saturated carbocycles. The highest BCUT2D eigenvalue weighted by Crippen LogP contribution is 2.24. The Morgan fingerprint density at radius 3 is 2.61 bits per heavy atom. The second-order valence-corrected chi connectivity index (χ2v) is 7.64. The highest BCUT2D eigenvalue weighted by molar-refractivity contribution is 6.01. The Hall–Kier alpha value is -4.06.